The molecule has 5 heteroatoms. The van der Waals surface area contributed by atoms with Crippen molar-refractivity contribution in [2.24, 2.45) is 0 Å². The van der Waals surface area contributed by atoms with Crippen molar-refractivity contribution < 1.29 is 13.5 Å². The third-order valence-corrected chi connectivity index (χ3v) is 2.09. The number of anilines is 1. The number of hydrogen-bond donors (Lipinski definition) is 2. The topological polar surface area (TPSA) is 72.5 Å². The van der Waals surface area contributed by atoms with Crippen LogP contribution in [0.25, 0.3) is 0 Å². The van der Waals surface area contributed by atoms with Gasteiger partial charge in [0.25, 0.3) is 0 Å². The zero-order chi connectivity index (χ0) is 9.14. The summed E-state index contributed by atoms with van der Waals surface area (Å²) in [7, 11) is 1.42. The standard InChI is InChI=1S/C7H9NO3S/c1-11-6-4-5(8)2-3-7(6)12(9)10/h2-4H,8H2,1H3,(H,9,10). The molecule has 0 bridgehead atoms. The summed E-state index contributed by atoms with van der Waals surface area (Å²) in [5, 5.41) is 0. The molecule has 1 aromatic rings. The Morgan fingerprint density at radius 3 is 2.75 bits per heavy atom. The van der Waals surface area contributed by atoms with E-state index in [4.69, 9.17) is 15.0 Å². The summed E-state index contributed by atoms with van der Waals surface area (Å²) in [5.41, 5.74) is 5.94. The smallest absolute Gasteiger partial charge is 0.190 e. The molecular formula is C7H9NO3S. The van der Waals surface area contributed by atoms with Crippen LogP contribution in [0, 0.1) is 0 Å². The van der Waals surface area contributed by atoms with E-state index in [0.29, 0.717) is 11.4 Å². The summed E-state index contributed by atoms with van der Waals surface area (Å²) in [6, 6.07) is 4.51. The second kappa shape index (κ2) is 3.55. The molecule has 0 amide bonds. The lowest BCUT2D eigenvalue weighted by molar-refractivity contribution is 0.402. The highest BCUT2D eigenvalue weighted by atomic mass is 32.2. The van der Waals surface area contributed by atoms with Gasteiger partial charge in [-0.1, -0.05) is 0 Å². The Hall–Kier alpha value is -1.07. The first-order chi connectivity index (χ1) is 5.65. The van der Waals surface area contributed by atoms with Gasteiger partial charge >= 0.3 is 0 Å². The molecule has 1 rings (SSSR count). The fraction of sp³-hybridized carbons (Fsp3) is 0.143. The molecular weight excluding hydrogens is 178 g/mol. The molecule has 4 nitrogen and oxygen atoms in total. The van der Waals surface area contributed by atoms with Gasteiger partial charge in [0.15, 0.2) is 11.1 Å². The molecule has 0 aliphatic rings. The number of nitrogen functional groups attached to an aromatic ring is 1. The summed E-state index contributed by atoms with van der Waals surface area (Å²) in [6.45, 7) is 0. The van der Waals surface area contributed by atoms with Gasteiger partial charge in [-0.05, 0) is 12.1 Å². The maximum absolute atomic E-state index is 10.7. The summed E-state index contributed by atoms with van der Waals surface area (Å²) in [5.74, 6) is 0.329. The second-order valence-corrected chi connectivity index (χ2v) is 3.10. The van der Waals surface area contributed by atoms with Crippen molar-refractivity contribution in [1.82, 2.24) is 0 Å². The maximum Gasteiger partial charge on any atom is 0.190 e. The van der Waals surface area contributed by atoms with Gasteiger partial charge in [-0.15, -0.1) is 0 Å². The Morgan fingerprint density at radius 1 is 1.58 bits per heavy atom. The Morgan fingerprint density at radius 2 is 2.25 bits per heavy atom. The molecule has 0 saturated heterocycles. The zero-order valence-corrected chi connectivity index (χ0v) is 7.30. The molecule has 0 aromatic heterocycles. The molecule has 0 spiro atoms. The Balaban J connectivity index is 3.20. The predicted octanol–water partition coefficient (Wildman–Crippen LogP) is 0.858. The minimum Gasteiger partial charge on any atom is -0.495 e. The van der Waals surface area contributed by atoms with E-state index in [0.717, 1.165) is 0 Å². The van der Waals surface area contributed by atoms with Crippen LogP contribution in [0.3, 0.4) is 0 Å². The first-order valence-corrected chi connectivity index (χ1v) is 4.30. The van der Waals surface area contributed by atoms with Gasteiger partial charge in [-0.25, -0.2) is 4.21 Å². The molecule has 1 unspecified atom stereocenters. The van der Waals surface area contributed by atoms with Gasteiger partial charge in [-0.2, -0.15) is 0 Å². The van der Waals surface area contributed by atoms with Crippen LogP contribution in [0.4, 0.5) is 5.69 Å². The number of hydrogen-bond acceptors (Lipinski definition) is 3. The van der Waals surface area contributed by atoms with Gasteiger partial charge in [-0.3, -0.25) is 0 Å². The van der Waals surface area contributed by atoms with Gasteiger partial charge in [0, 0.05) is 11.8 Å². The van der Waals surface area contributed by atoms with E-state index < -0.39 is 11.1 Å². The molecule has 0 aliphatic heterocycles. The monoisotopic (exact) mass is 187 g/mol. The number of ether oxygens (including phenoxy) is 1. The van der Waals surface area contributed by atoms with Crippen LogP contribution in [0.5, 0.6) is 5.75 Å². The zero-order valence-electron chi connectivity index (χ0n) is 6.48. The van der Waals surface area contributed by atoms with Crippen molar-refractivity contribution in [2.45, 2.75) is 4.90 Å². The van der Waals surface area contributed by atoms with Crippen molar-refractivity contribution in [3.63, 3.8) is 0 Å². The van der Waals surface area contributed by atoms with Crippen LogP contribution < -0.4 is 10.5 Å². The maximum atomic E-state index is 10.7. The lowest BCUT2D eigenvalue weighted by Crippen LogP contribution is -1.95. The number of methoxy groups -OCH3 is 1. The van der Waals surface area contributed by atoms with Crippen LogP contribution in [-0.4, -0.2) is 15.9 Å². The number of nitrogens with two attached hydrogens (primary N) is 1. The van der Waals surface area contributed by atoms with Crippen LogP contribution >= 0.6 is 0 Å². The van der Waals surface area contributed by atoms with Crippen LogP contribution in [-0.2, 0) is 11.1 Å². The summed E-state index contributed by atoms with van der Waals surface area (Å²) in [6.07, 6.45) is 0. The fourth-order valence-corrected chi connectivity index (χ4v) is 1.33. The minimum absolute atomic E-state index is 0.228. The first-order valence-electron chi connectivity index (χ1n) is 3.19. The highest BCUT2D eigenvalue weighted by Gasteiger charge is 2.07. The molecule has 0 aliphatic carbocycles. The fourth-order valence-electron chi connectivity index (χ4n) is 0.828. The molecule has 0 saturated carbocycles. The Bertz CT molecular complexity index is 314. The second-order valence-electron chi connectivity index (χ2n) is 2.16. The van der Waals surface area contributed by atoms with Crippen LogP contribution in [0.15, 0.2) is 23.1 Å². The molecule has 12 heavy (non-hydrogen) atoms. The number of benzene rings is 1. The van der Waals surface area contributed by atoms with E-state index in [9.17, 15) is 4.21 Å². The number of rotatable bonds is 2. The van der Waals surface area contributed by atoms with Crippen molar-refractivity contribution in [2.75, 3.05) is 12.8 Å². The average molecular weight is 187 g/mol. The molecule has 1 aromatic carbocycles. The van der Waals surface area contributed by atoms with Gasteiger partial charge in [0.05, 0.1) is 7.11 Å². The minimum atomic E-state index is -2.03. The molecule has 3 N–H and O–H groups in total. The van der Waals surface area contributed by atoms with E-state index in [2.05, 4.69) is 0 Å². The van der Waals surface area contributed by atoms with Crippen molar-refractivity contribution in [1.29, 1.82) is 0 Å². The highest BCUT2D eigenvalue weighted by molar-refractivity contribution is 7.79. The summed E-state index contributed by atoms with van der Waals surface area (Å²) < 4.78 is 24.3. The van der Waals surface area contributed by atoms with E-state index in [1.807, 2.05) is 0 Å². The van der Waals surface area contributed by atoms with Gasteiger partial charge in [0.1, 0.15) is 10.6 Å². The highest BCUT2D eigenvalue weighted by Crippen LogP contribution is 2.23. The van der Waals surface area contributed by atoms with Crippen molar-refractivity contribution >= 4 is 16.8 Å². The van der Waals surface area contributed by atoms with E-state index in [1.165, 1.54) is 19.2 Å². The molecule has 0 fully saturated rings. The lowest BCUT2D eigenvalue weighted by Gasteiger charge is -2.04. The van der Waals surface area contributed by atoms with Crippen LogP contribution in [0.1, 0.15) is 0 Å². The quantitative estimate of drug-likeness (QED) is 0.532. The van der Waals surface area contributed by atoms with Gasteiger partial charge < -0.3 is 15.0 Å². The normalized spacial score (nSPS) is 12.5. The third kappa shape index (κ3) is 1.75. The summed E-state index contributed by atoms with van der Waals surface area (Å²) >= 11 is -2.03. The van der Waals surface area contributed by atoms with E-state index >= 15 is 0 Å². The van der Waals surface area contributed by atoms with Gasteiger partial charge in [0.2, 0.25) is 0 Å². The van der Waals surface area contributed by atoms with Crippen molar-refractivity contribution in [3.8, 4) is 5.75 Å². The lowest BCUT2D eigenvalue weighted by atomic mass is 10.3. The molecule has 1 atom stereocenters. The van der Waals surface area contributed by atoms with E-state index in [1.54, 1.807) is 6.07 Å². The molecule has 66 valence electrons. The SMILES string of the molecule is COc1cc(N)ccc1S(=O)O. The Kier molecular flexibility index (Phi) is 2.67. The third-order valence-electron chi connectivity index (χ3n) is 1.38. The first kappa shape index (κ1) is 9.02. The van der Waals surface area contributed by atoms with Crippen LogP contribution in [0.2, 0.25) is 0 Å². The summed E-state index contributed by atoms with van der Waals surface area (Å²) in [4.78, 5) is 0.228. The Labute approximate surface area is 72.6 Å². The molecule has 0 heterocycles. The largest absolute Gasteiger partial charge is 0.495 e. The molecule has 0 radical (unpaired) electrons. The van der Waals surface area contributed by atoms with E-state index in [-0.39, 0.29) is 4.90 Å². The predicted molar refractivity (Wildman–Crippen MR) is 46.4 cm³/mol. The van der Waals surface area contributed by atoms with Crippen molar-refractivity contribution in [3.05, 3.63) is 18.2 Å². The average Bonchev–Trinajstić information content (AvgIpc) is 2.03.